The zero-order valence-corrected chi connectivity index (χ0v) is 12.9. The van der Waals surface area contributed by atoms with Crippen molar-refractivity contribution in [1.29, 1.82) is 0 Å². The molecule has 0 spiro atoms. The van der Waals surface area contributed by atoms with E-state index < -0.39 is 24.6 Å². The highest BCUT2D eigenvalue weighted by Crippen LogP contribution is 2.22. The van der Waals surface area contributed by atoms with Crippen LogP contribution in [0.5, 0.6) is 0 Å². The number of carbonyl (C=O) groups is 4. The topological polar surface area (TPSA) is 93.2 Å². The number of imide groups is 1. The van der Waals surface area contributed by atoms with Crippen molar-refractivity contribution in [2.75, 3.05) is 31.2 Å². The van der Waals surface area contributed by atoms with Gasteiger partial charge in [0.15, 0.2) is 6.61 Å². The Balaban J connectivity index is 1.62. The van der Waals surface area contributed by atoms with Crippen LogP contribution in [-0.2, 0) is 19.1 Å². The monoisotopic (exact) mass is 332 g/mol. The van der Waals surface area contributed by atoms with E-state index in [4.69, 9.17) is 4.74 Å². The minimum absolute atomic E-state index is 0.0169. The summed E-state index contributed by atoms with van der Waals surface area (Å²) < 4.78 is 9.60. The van der Waals surface area contributed by atoms with Crippen LogP contribution in [0, 0.1) is 0 Å². The van der Waals surface area contributed by atoms with Crippen molar-refractivity contribution in [2.24, 2.45) is 0 Å². The van der Waals surface area contributed by atoms with E-state index in [9.17, 15) is 19.2 Å². The maximum absolute atomic E-state index is 12.1. The first-order valence-corrected chi connectivity index (χ1v) is 7.61. The van der Waals surface area contributed by atoms with Crippen molar-refractivity contribution >= 4 is 29.6 Å². The third-order valence-electron chi connectivity index (χ3n) is 3.86. The van der Waals surface area contributed by atoms with Crippen molar-refractivity contribution in [1.82, 2.24) is 4.90 Å². The minimum atomic E-state index is -0.731. The Labute approximate surface area is 137 Å². The zero-order chi connectivity index (χ0) is 17.1. The molecule has 0 aromatic heterocycles. The standard InChI is InChI=1S/C16H16N2O6/c19-13-5-2-6-17(13)12-4-1-3-11(9-12)15(21)24-10-14(20)18-7-8-23-16(18)22/h1,3-4,9H,2,5-8,10H2. The molecule has 3 rings (SSSR count). The summed E-state index contributed by atoms with van der Waals surface area (Å²) in [5.74, 6) is -1.30. The van der Waals surface area contributed by atoms with Crippen molar-refractivity contribution in [3.63, 3.8) is 0 Å². The van der Waals surface area contributed by atoms with Gasteiger partial charge in [0.2, 0.25) is 5.91 Å². The molecule has 0 bridgehead atoms. The molecular weight excluding hydrogens is 316 g/mol. The van der Waals surface area contributed by atoms with Crippen LogP contribution >= 0.6 is 0 Å². The second kappa shape index (κ2) is 6.69. The molecule has 24 heavy (non-hydrogen) atoms. The number of ether oxygens (including phenoxy) is 2. The largest absolute Gasteiger partial charge is 0.452 e. The zero-order valence-electron chi connectivity index (χ0n) is 12.9. The molecule has 2 aliphatic heterocycles. The van der Waals surface area contributed by atoms with Gasteiger partial charge in [0, 0.05) is 18.7 Å². The summed E-state index contributed by atoms with van der Waals surface area (Å²) in [7, 11) is 0. The quantitative estimate of drug-likeness (QED) is 0.762. The molecule has 8 heteroatoms. The van der Waals surface area contributed by atoms with Crippen LogP contribution in [0.25, 0.3) is 0 Å². The van der Waals surface area contributed by atoms with Crippen LogP contribution < -0.4 is 4.90 Å². The van der Waals surface area contributed by atoms with E-state index in [1.54, 1.807) is 29.2 Å². The molecule has 2 saturated heterocycles. The molecule has 2 aliphatic rings. The summed E-state index contributed by atoms with van der Waals surface area (Å²) in [5.41, 5.74) is 0.866. The van der Waals surface area contributed by atoms with Crippen molar-refractivity contribution in [2.45, 2.75) is 12.8 Å². The molecule has 0 unspecified atom stereocenters. The summed E-state index contributed by atoms with van der Waals surface area (Å²) in [5, 5.41) is 0. The molecule has 2 fully saturated rings. The van der Waals surface area contributed by atoms with Crippen molar-refractivity contribution < 1.29 is 28.7 Å². The number of anilines is 1. The van der Waals surface area contributed by atoms with Gasteiger partial charge in [-0.1, -0.05) is 6.07 Å². The van der Waals surface area contributed by atoms with Crippen LogP contribution in [0.4, 0.5) is 10.5 Å². The van der Waals surface area contributed by atoms with Gasteiger partial charge < -0.3 is 14.4 Å². The molecule has 8 nitrogen and oxygen atoms in total. The maximum atomic E-state index is 12.1. The summed E-state index contributed by atoms with van der Waals surface area (Å²) in [6.07, 6.45) is 0.550. The first-order valence-electron chi connectivity index (χ1n) is 7.61. The third-order valence-corrected chi connectivity index (χ3v) is 3.86. The fraction of sp³-hybridized carbons (Fsp3) is 0.375. The second-order valence-electron chi connectivity index (χ2n) is 5.44. The Bertz CT molecular complexity index is 702. The summed E-state index contributed by atoms with van der Waals surface area (Å²) in [6.45, 7) is 0.375. The van der Waals surface area contributed by atoms with Crippen molar-refractivity contribution in [3.8, 4) is 0 Å². The van der Waals surface area contributed by atoms with Crippen LogP contribution in [-0.4, -0.2) is 55.1 Å². The Morgan fingerprint density at radius 1 is 1.21 bits per heavy atom. The number of amides is 3. The van der Waals surface area contributed by atoms with Crippen LogP contribution in [0.2, 0.25) is 0 Å². The Morgan fingerprint density at radius 2 is 2.04 bits per heavy atom. The predicted octanol–water partition coefficient (Wildman–Crippen LogP) is 0.949. The third kappa shape index (κ3) is 3.22. The molecule has 0 N–H and O–H groups in total. The molecule has 0 atom stereocenters. The summed E-state index contributed by atoms with van der Waals surface area (Å²) >= 11 is 0. The van der Waals surface area contributed by atoms with E-state index in [-0.39, 0.29) is 24.6 Å². The van der Waals surface area contributed by atoms with Crippen LogP contribution in [0.3, 0.4) is 0 Å². The van der Waals surface area contributed by atoms with E-state index in [1.165, 1.54) is 0 Å². The van der Waals surface area contributed by atoms with Gasteiger partial charge in [-0.25, -0.2) is 14.5 Å². The Kier molecular flexibility index (Phi) is 4.45. The van der Waals surface area contributed by atoms with Gasteiger partial charge in [0.05, 0.1) is 12.1 Å². The van der Waals surface area contributed by atoms with Gasteiger partial charge >= 0.3 is 12.1 Å². The predicted molar refractivity (Wildman–Crippen MR) is 81.4 cm³/mol. The number of hydrogen-bond donors (Lipinski definition) is 0. The molecule has 0 saturated carbocycles. The molecule has 3 amide bonds. The van der Waals surface area contributed by atoms with E-state index in [0.29, 0.717) is 18.7 Å². The number of benzene rings is 1. The van der Waals surface area contributed by atoms with Gasteiger partial charge in [0.1, 0.15) is 6.61 Å². The lowest BCUT2D eigenvalue weighted by atomic mass is 10.2. The van der Waals surface area contributed by atoms with Gasteiger partial charge in [-0.05, 0) is 24.6 Å². The van der Waals surface area contributed by atoms with Crippen LogP contribution in [0.15, 0.2) is 24.3 Å². The lowest BCUT2D eigenvalue weighted by Crippen LogP contribution is -2.35. The molecule has 1 aromatic carbocycles. The highest BCUT2D eigenvalue weighted by atomic mass is 16.6. The molecule has 0 radical (unpaired) electrons. The first kappa shape index (κ1) is 16.0. The highest BCUT2D eigenvalue weighted by molar-refractivity contribution is 5.98. The molecule has 2 heterocycles. The lowest BCUT2D eigenvalue weighted by Gasteiger charge is -2.16. The Morgan fingerprint density at radius 3 is 2.71 bits per heavy atom. The number of nitrogens with zero attached hydrogens (tertiary/aromatic N) is 2. The highest BCUT2D eigenvalue weighted by Gasteiger charge is 2.29. The van der Waals surface area contributed by atoms with Gasteiger partial charge in [-0.15, -0.1) is 0 Å². The van der Waals surface area contributed by atoms with E-state index in [2.05, 4.69) is 4.74 Å². The molecule has 1 aromatic rings. The second-order valence-corrected chi connectivity index (χ2v) is 5.44. The Hall–Kier alpha value is -2.90. The van der Waals surface area contributed by atoms with E-state index in [1.807, 2.05) is 0 Å². The smallest absolute Gasteiger partial charge is 0.416 e. The number of rotatable bonds is 4. The van der Waals surface area contributed by atoms with Gasteiger partial charge in [0.25, 0.3) is 5.91 Å². The summed E-state index contributed by atoms with van der Waals surface area (Å²) in [6, 6.07) is 6.49. The lowest BCUT2D eigenvalue weighted by molar-refractivity contribution is -0.131. The number of esters is 1. The normalized spacial score (nSPS) is 17.2. The van der Waals surface area contributed by atoms with Gasteiger partial charge in [-0.2, -0.15) is 0 Å². The molecular formula is C16H16N2O6. The van der Waals surface area contributed by atoms with Crippen molar-refractivity contribution in [3.05, 3.63) is 29.8 Å². The average Bonchev–Trinajstić information content (AvgIpc) is 3.20. The van der Waals surface area contributed by atoms with E-state index in [0.717, 1.165) is 11.3 Å². The average molecular weight is 332 g/mol. The molecule has 126 valence electrons. The number of hydrogen-bond acceptors (Lipinski definition) is 6. The number of cyclic esters (lactones) is 1. The maximum Gasteiger partial charge on any atom is 0.416 e. The van der Waals surface area contributed by atoms with E-state index >= 15 is 0 Å². The minimum Gasteiger partial charge on any atom is -0.452 e. The van der Waals surface area contributed by atoms with Gasteiger partial charge in [-0.3, -0.25) is 9.59 Å². The first-order chi connectivity index (χ1) is 11.6. The fourth-order valence-electron chi connectivity index (χ4n) is 2.63. The fourth-order valence-corrected chi connectivity index (χ4v) is 2.63. The summed E-state index contributed by atoms with van der Waals surface area (Å²) in [4.78, 5) is 49.4. The molecule has 0 aliphatic carbocycles. The van der Waals surface area contributed by atoms with Crippen LogP contribution in [0.1, 0.15) is 23.2 Å². The SMILES string of the molecule is O=C(OCC(=O)N1CCOC1=O)c1cccc(N2CCCC2=O)c1. The number of carbonyl (C=O) groups excluding carboxylic acids is 4.